The largest absolute Gasteiger partial charge is 0.494 e. The first-order chi connectivity index (χ1) is 12.2. The van der Waals surface area contributed by atoms with Gasteiger partial charge in [-0.15, -0.1) is 0 Å². The molecule has 1 aromatic heterocycles. The number of carbonyl (C=O) groups excluding carboxylic acids is 1. The number of piperidine rings is 1. The van der Waals surface area contributed by atoms with Crippen molar-refractivity contribution in [2.45, 2.75) is 32.7 Å². The summed E-state index contributed by atoms with van der Waals surface area (Å²) in [5.41, 5.74) is 1.27. The zero-order valence-corrected chi connectivity index (χ0v) is 14.5. The summed E-state index contributed by atoms with van der Waals surface area (Å²) in [6.45, 7) is 4.08. The zero-order chi connectivity index (χ0) is 17.6. The summed E-state index contributed by atoms with van der Waals surface area (Å²) < 4.78 is 6.69. The maximum atomic E-state index is 12.4. The lowest BCUT2D eigenvalue weighted by atomic mass is 10.1. The monoisotopic (exact) mass is 341 g/mol. The van der Waals surface area contributed by atoms with Crippen molar-refractivity contribution in [3.05, 3.63) is 46.8 Å². The second-order valence-electron chi connectivity index (χ2n) is 6.11. The Kier molecular flexibility index (Phi) is 5.48. The molecule has 1 aliphatic heterocycles. The Labute approximate surface area is 147 Å². The van der Waals surface area contributed by atoms with Crippen LogP contribution in [-0.4, -0.2) is 40.3 Å². The minimum absolute atomic E-state index is 0.0102. The van der Waals surface area contributed by atoms with Gasteiger partial charge in [0, 0.05) is 24.7 Å². The van der Waals surface area contributed by atoms with E-state index in [1.54, 1.807) is 6.07 Å². The normalized spacial score (nSPS) is 14.4. The molecule has 0 radical (unpaired) electrons. The van der Waals surface area contributed by atoms with E-state index >= 15 is 0 Å². The first-order valence-corrected chi connectivity index (χ1v) is 8.76. The van der Waals surface area contributed by atoms with Crippen LogP contribution in [0, 0.1) is 0 Å². The van der Waals surface area contributed by atoms with Crippen molar-refractivity contribution in [2.24, 2.45) is 0 Å². The number of benzene rings is 1. The maximum absolute atomic E-state index is 12.4. The van der Waals surface area contributed by atoms with Crippen molar-refractivity contribution in [3.8, 4) is 17.0 Å². The van der Waals surface area contributed by atoms with E-state index in [4.69, 9.17) is 4.74 Å². The minimum atomic E-state index is -0.264. The van der Waals surface area contributed by atoms with E-state index in [2.05, 4.69) is 5.10 Å². The molecule has 6 nitrogen and oxygen atoms in total. The van der Waals surface area contributed by atoms with Crippen molar-refractivity contribution < 1.29 is 9.53 Å². The van der Waals surface area contributed by atoms with Crippen LogP contribution in [0.25, 0.3) is 11.3 Å². The van der Waals surface area contributed by atoms with Gasteiger partial charge in [0.05, 0.1) is 12.3 Å². The van der Waals surface area contributed by atoms with Gasteiger partial charge in [-0.05, 0) is 56.5 Å². The average Bonchev–Trinajstić information content (AvgIpc) is 2.65. The molecule has 0 unspecified atom stereocenters. The summed E-state index contributed by atoms with van der Waals surface area (Å²) in [7, 11) is 0. The molecular formula is C19H23N3O3. The standard InChI is InChI=1S/C19H23N3O3/c1-2-25-16-8-6-15(7-9-16)17-10-11-18(23)22(20-17)14-19(24)21-12-4-3-5-13-21/h6-11H,2-5,12-14H2,1H3. The molecular weight excluding hydrogens is 318 g/mol. The number of aromatic nitrogens is 2. The molecule has 25 heavy (non-hydrogen) atoms. The van der Waals surface area contributed by atoms with Gasteiger partial charge >= 0.3 is 0 Å². The SMILES string of the molecule is CCOc1ccc(-c2ccc(=O)n(CC(=O)N3CCCCC3)n2)cc1. The summed E-state index contributed by atoms with van der Waals surface area (Å²) in [5.74, 6) is 0.748. The first kappa shape index (κ1) is 17.2. The van der Waals surface area contributed by atoms with E-state index in [9.17, 15) is 9.59 Å². The molecule has 0 saturated carbocycles. The summed E-state index contributed by atoms with van der Waals surface area (Å²) in [4.78, 5) is 26.3. The molecule has 0 aliphatic carbocycles. The average molecular weight is 341 g/mol. The summed E-state index contributed by atoms with van der Waals surface area (Å²) in [6.07, 6.45) is 3.22. The quantitative estimate of drug-likeness (QED) is 0.837. The highest BCUT2D eigenvalue weighted by molar-refractivity contribution is 5.76. The van der Waals surface area contributed by atoms with Crippen LogP contribution in [-0.2, 0) is 11.3 Å². The number of amides is 1. The number of hydrogen-bond donors (Lipinski definition) is 0. The molecule has 0 atom stereocenters. The second-order valence-corrected chi connectivity index (χ2v) is 6.11. The van der Waals surface area contributed by atoms with Gasteiger partial charge < -0.3 is 9.64 Å². The van der Waals surface area contributed by atoms with Gasteiger partial charge in [0.15, 0.2) is 0 Å². The molecule has 1 aliphatic rings. The number of hydrogen-bond acceptors (Lipinski definition) is 4. The van der Waals surface area contributed by atoms with E-state index < -0.39 is 0 Å². The Hall–Kier alpha value is -2.63. The van der Waals surface area contributed by atoms with Crippen molar-refractivity contribution in [2.75, 3.05) is 19.7 Å². The third-order valence-corrected chi connectivity index (χ3v) is 4.32. The molecule has 132 valence electrons. The second kappa shape index (κ2) is 7.96. The molecule has 1 saturated heterocycles. The zero-order valence-electron chi connectivity index (χ0n) is 14.5. The van der Waals surface area contributed by atoms with Crippen LogP contribution in [0.5, 0.6) is 5.75 Å². The predicted molar refractivity (Wildman–Crippen MR) is 95.5 cm³/mol. The fraction of sp³-hybridized carbons (Fsp3) is 0.421. The van der Waals surface area contributed by atoms with E-state index in [0.717, 1.165) is 43.7 Å². The number of likely N-dealkylation sites (tertiary alicyclic amines) is 1. The molecule has 1 fully saturated rings. The van der Waals surface area contributed by atoms with Crippen LogP contribution in [0.2, 0.25) is 0 Å². The highest BCUT2D eigenvalue weighted by Gasteiger charge is 2.17. The van der Waals surface area contributed by atoms with Crippen molar-refractivity contribution in [1.82, 2.24) is 14.7 Å². The number of rotatable bonds is 5. The lowest BCUT2D eigenvalue weighted by Gasteiger charge is -2.26. The smallest absolute Gasteiger partial charge is 0.267 e. The van der Waals surface area contributed by atoms with Gasteiger partial charge in [-0.3, -0.25) is 9.59 Å². The van der Waals surface area contributed by atoms with Crippen molar-refractivity contribution in [3.63, 3.8) is 0 Å². The maximum Gasteiger partial charge on any atom is 0.267 e. The van der Waals surface area contributed by atoms with Gasteiger partial charge in [-0.25, -0.2) is 4.68 Å². The fourth-order valence-corrected chi connectivity index (χ4v) is 2.98. The van der Waals surface area contributed by atoms with Crippen LogP contribution in [0.3, 0.4) is 0 Å². The Morgan fingerprint density at radius 2 is 1.80 bits per heavy atom. The summed E-state index contributed by atoms with van der Waals surface area (Å²) in [5, 5.41) is 4.37. The van der Waals surface area contributed by atoms with Crippen molar-refractivity contribution >= 4 is 5.91 Å². The predicted octanol–water partition coefficient (Wildman–Crippen LogP) is 2.32. The van der Waals surface area contributed by atoms with Crippen LogP contribution >= 0.6 is 0 Å². The van der Waals surface area contributed by atoms with Crippen LogP contribution in [0.15, 0.2) is 41.2 Å². The molecule has 1 amide bonds. The lowest BCUT2D eigenvalue weighted by Crippen LogP contribution is -2.40. The van der Waals surface area contributed by atoms with Gasteiger partial charge in [0.2, 0.25) is 5.91 Å². The van der Waals surface area contributed by atoms with Crippen LogP contribution in [0.1, 0.15) is 26.2 Å². The summed E-state index contributed by atoms with van der Waals surface area (Å²) >= 11 is 0. The van der Waals surface area contributed by atoms with E-state index in [-0.39, 0.29) is 18.0 Å². The molecule has 0 spiro atoms. The van der Waals surface area contributed by atoms with Gasteiger partial charge in [0.25, 0.3) is 5.56 Å². The third kappa shape index (κ3) is 4.26. The van der Waals surface area contributed by atoms with Crippen LogP contribution < -0.4 is 10.3 Å². The van der Waals surface area contributed by atoms with Gasteiger partial charge in [0.1, 0.15) is 12.3 Å². The van der Waals surface area contributed by atoms with Gasteiger partial charge in [-0.1, -0.05) is 0 Å². The molecule has 2 heterocycles. The molecule has 2 aromatic rings. The molecule has 1 aromatic carbocycles. The molecule has 0 N–H and O–H groups in total. The highest BCUT2D eigenvalue weighted by atomic mass is 16.5. The van der Waals surface area contributed by atoms with E-state index in [1.165, 1.54) is 10.7 Å². The molecule has 6 heteroatoms. The van der Waals surface area contributed by atoms with E-state index in [0.29, 0.717) is 12.3 Å². The first-order valence-electron chi connectivity index (χ1n) is 8.76. The Morgan fingerprint density at radius 3 is 2.48 bits per heavy atom. The topological polar surface area (TPSA) is 64.4 Å². The number of ether oxygens (including phenoxy) is 1. The lowest BCUT2D eigenvalue weighted by molar-refractivity contribution is -0.133. The highest BCUT2D eigenvalue weighted by Crippen LogP contribution is 2.20. The van der Waals surface area contributed by atoms with E-state index in [1.807, 2.05) is 36.1 Å². The Balaban J connectivity index is 1.77. The fourth-order valence-electron chi connectivity index (χ4n) is 2.98. The Bertz CT molecular complexity index is 777. The number of nitrogens with zero attached hydrogens (tertiary/aromatic N) is 3. The summed E-state index contributed by atoms with van der Waals surface area (Å²) in [6, 6.07) is 10.7. The van der Waals surface area contributed by atoms with Crippen molar-refractivity contribution in [1.29, 1.82) is 0 Å². The Morgan fingerprint density at radius 1 is 1.08 bits per heavy atom. The van der Waals surface area contributed by atoms with Gasteiger partial charge in [-0.2, -0.15) is 5.10 Å². The van der Waals surface area contributed by atoms with Crippen LogP contribution in [0.4, 0.5) is 0 Å². The minimum Gasteiger partial charge on any atom is -0.494 e. The molecule has 3 rings (SSSR count). The number of carbonyl (C=O) groups is 1. The third-order valence-electron chi connectivity index (χ3n) is 4.32. The molecule has 0 bridgehead atoms.